The first kappa shape index (κ1) is 21.7. The van der Waals surface area contributed by atoms with E-state index in [9.17, 15) is 18.8 Å². The van der Waals surface area contributed by atoms with Crippen molar-refractivity contribution in [3.63, 3.8) is 0 Å². The molecule has 5 rings (SSSR count). The first-order chi connectivity index (χ1) is 15.9. The number of nitrogens with one attached hydrogen (secondary N) is 1. The molecule has 0 aliphatic carbocycles. The van der Waals surface area contributed by atoms with E-state index in [0.717, 1.165) is 28.5 Å². The van der Waals surface area contributed by atoms with Gasteiger partial charge in [-0.2, -0.15) is 0 Å². The lowest BCUT2D eigenvalue weighted by atomic mass is 10.0. The van der Waals surface area contributed by atoms with E-state index in [4.69, 9.17) is 4.74 Å². The topological polar surface area (TPSA) is 79.5 Å². The normalized spacial score (nSPS) is 22.1. The van der Waals surface area contributed by atoms with Crippen LogP contribution in [-0.4, -0.2) is 45.9 Å². The molecule has 2 atom stereocenters. The lowest BCUT2D eigenvalue weighted by Crippen LogP contribution is -2.47. The zero-order valence-corrected chi connectivity index (χ0v) is 18.9. The van der Waals surface area contributed by atoms with E-state index in [2.05, 4.69) is 4.98 Å². The van der Waals surface area contributed by atoms with Crippen LogP contribution in [0.1, 0.15) is 41.3 Å². The van der Waals surface area contributed by atoms with Crippen LogP contribution in [0.3, 0.4) is 0 Å². The maximum Gasteiger partial charge on any atom is 0.330 e. The molecule has 1 N–H and O–H groups in total. The third-order valence-corrected chi connectivity index (χ3v) is 8.12. The maximum absolute atomic E-state index is 13.4. The van der Waals surface area contributed by atoms with Gasteiger partial charge in [-0.1, -0.05) is 37.3 Å². The molecule has 8 heteroatoms. The number of hydrogen-bond acceptors (Lipinski definition) is 5. The number of rotatable bonds is 6. The van der Waals surface area contributed by atoms with Crippen LogP contribution < -0.4 is 0 Å². The SMILES string of the molecule is CCc1cccc2c(C(=O)COC(=O)C3CSC4(c5ccc(F)cc5)CCC(=O)N34)c[nH]c12. The minimum Gasteiger partial charge on any atom is -0.456 e. The monoisotopic (exact) mass is 466 g/mol. The van der Waals surface area contributed by atoms with Crippen molar-refractivity contribution >= 4 is 40.3 Å². The fourth-order valence-electron chi connectivity index (χ4n) is 4.88. The minimum absolute atomic E-state index is 0.138. The van der Waals surface area contributed by atoms with Crippen LogP contribution in [0.5, 0.6) is 0 Å². The summed E-state index contributed by atoms with van der Waals surface area (Å²) in [5.74, 6) is -1.02. The van der Waals surface area contributed by atoms with Crippen molar-refractivity contribution in [3.8, 4) is 0 Å². The number of aromatic amines is 1. The number of esters is 1. The van der Waals surface area contributed by atoms with Crippen molar-refractivity contribution in [2.75, 3.05) is 12.4 Å². The minimum atomic E-state index is -0.780. The van der Waals surface area contributed by atoms with Gasteiger partial charge in [0.15, 0.2) is 6.61 Å². The number of Topliss-reactive ketones (excluding diaryl/α,β-unsaturated/α-hetero) is 1. The number of H-pyrrole nitrogens is 1. The molecule has 0 saturated carbocycles. The highest BCUT2D eigenvalue weighted by Crippen LogP contribution is 2.54. The van der Waals surface area contributed by atoms with E-state index >= 15 is 0 Å². The van der Waals surface area contributed by atoms with Crippen molar-refractivity contribution < 1.29 is 23.5 Å². The molecular weight excluding hydrogens is 443 g/mol. The van der Waals surface area contributed by atoms with Gasteiger partial charge in [0.25, 0.3) is 0 Å². The molecule has 6 nitrogen and oxygen atoms in total. The van der Waals surface area contributed by atoms with Gasteiger partial charge in [0.2, 0.25) is 11.7 Å². The first-order valence-corrected chi connectivity index (χ1v) is 11.9. The maximum atomic E-state index is 13.4. The summed E-state index contributed by atoms with van der Waals surface area (Å²) in [6.45, 7) is 1.65. The van der Waals surface area contributed by atoms with Gasteiger partial charge in [-0.15, -0.1) is 11.8 Å². The zero-order valence-electron chi connectivity index (χ0n) is 18.1. The van der Waals surface area contributed by atoms with E-state index in [1.165, 1.54) is 23.9 Å². The number of thioether (sulfide) groups is 1. The van der Waals surface area contributed by atoms with E-state index in [1.54, 1.807) is 23.2 Å². The van der Waals surface area contributed by atoms with Crippen LogP contribution >= 0.6 is 11.8 Å². The second-order valence-corrected chi connectivity index (χ2v) is 9.61. The molecule has 2 unspecified atom stereocenters. The van der Waals surface area contributed by atoms with Crippen molar-refractivity contribution in [3.05, 3.63) is 71.2 Å². The van der Waals surface area contributed by atoms with Crippen molar-refractivity contribution in [1.29, 1.82) is 0 Å². The molecule has 0 radical (unpaired) electrons. The van der Waals surface area contributed by atoms with Crippen LogP contribution in [0.25, 0.3) is 10.9 Å². The molecule has 1 aromatic heterocycles. The highest BCUT2D eigenvalue weighted by molar-refractivity contribution is 8.00. The van der Waals surface area contributed by atoms with Crippen LogP contribution in [0, 0.1) is 5.82 Å². The Hall–Kier alpha value is -3.13. The van der Waals surface area contributed by atoms with E-state index in [0.29, 0.717) is 24.2 Å². The molecule has 2 aliphatic heterocycles. The Balaban J connectivity index is 1.32. The van der Waals surface area contributed by atoms with Gasteiger partial charge < -0.3 is 14.6 Å². The highest BCUT2D eigenvalue weighted by atomic mass is 32.2. The molecule has 33 heavy (non-hydrogen) atoms. The molecule has 1 amide bonds. The number of halogens is 1. The van der Waals surface area contributed by atoms with Crippen LogP contribution in [-0.2, 0) is 25.6 Å². The molecular formula is C25H23FN2O4S. The smallest absolute Gasteiger partial charge is 0.330 e. The van der Waals surface area contributed by atoms with Gasteiger partial charge in [0.05, 0.1) is 0 Å². The predicted molar refractivity (Wildman–Crippen MR) is 123 cm³/mol. The molecule has 3 aromatic rings. The molecule has 2 fully saturated rings. The largest absolute Gasteiger partial charge is 0.456 e. The highest BCUT2D eigenvalue weighted by Gasteiger charge is 2.57. The Labute approximate surface area is 194 Å². The molecule has 0 spiro atoms. The number of amides is 1. The van der Waals surface area contributed by atoms with E-state index in [1.807, 2.05) is 25.1 Å². The number of ether oxygens (including phenoxy) is 1. The van der Waals surface area contributed by atoms with E-state index in [-0.39, 0.29) is 17.5 Å². The molecule has 3 heterocycles. The molecule has 2 aromatic carbocycles. The van der Waals surface area contributed by atoms with Crippen LogP contribution in [0.4, 0.5) is 4.39 Å². The third-order valence-electron chi connectivity index (χ3n) is 6.52. The second kappa shape index (κ2) is 8.33. The standard InChI is InChI=1S/C25H23FN2O4S/c1-2-15-4-3-5-18-19(12-27-23(15)18)21(29)13-32-24(31)20-14-33-25(11-10-22(30)28(20)25)16-6-8-17(26)9-7-16/h3-9,12,20,27H,2,10-11,13-14H2,1H3. The first-order valence-electron chi connectivity index (χ1n) is 11.0. The van der Waals surface area contributed by atoms with Gasteiger partial charge in [0.1, 0.15) is 16.7 Å². The number of ketones is 1. The summed E-state index contributed by atoms with van der Waals surface area (Å²) in [4.78, 5) is 42.5. The summed E-state index contributed by atoms with van der Waals surface area (Å²) in [7, 11) is 0. The summed E-state index contributed by atoms with van der Waals surface area (Å²) in [6.07, 6.45) is 3.33. The Bertz CT molecular complexity index is 1260. The average molecular weight is 467 g/mol. The summed E-state index contributed by atoms with van der Waals surface area (Å²) in [5.41, 5.74) is 3.29. The van der Waals surface area contributed by atoms with Crippen LogP contribution in [0.2, 0.25) is 0 Å². The molecule has 2 saturated heterocycles. The fourth-order valence-corrected chi connectivity index (χ4v) is 6.52. The lowest BCUT2D eigenvalue weighted by molar-refractivity contribution is -0.152. The summed E-state index contributed by atoms with van der Waals surface area (Å²) >= 11 is 1.49. The number of carbonyl (C=O) groups is 3. The van der Waals surface area contributed by atoms with Gasteiger partial charge in [0, 0.05) is 34.8 Å². The molecule has 2 aliphatic rings. The number of benzene rings is 2. The number of hydrogen-bond donors (Lipinski definition) is 1. The Morgan fingerprint density at radius 3 is 2.79 bits per heavy atom. The van der Waals surface area contributed by atoms with Crippen molar-refractivity contribution in [1.82, 2.24) is 9.88 Å². The van der Waals surface area contributed by atoms with Gasteiger partial charge >= 0.3 is 5.97 Å². The Morgan fingerprint density at radius 2 is 2.03 bits per heavy atom. The van der Waals surface area contributed by atoms with Crippen LogP contribution in [0.15, 0.2) is 48.7 Å². The summed E-state index contributed by atoms with van der Waals surface area (Å²) in [5, 5.41) is 0.803. The lowest BCUT2D eigenvalue weighted by Gasteiger charge is -2.33. The summed E-state index contributed by atoms with van der Waals surface area (Å²) < 4.78 is 18.8. The number of aromatic nitrogens is 1. The van der Waals surface area contributed by atoms with Crippen molar-refractivity contribution in [2.45, 2.75) is 37.1 Å². The van der Waals surface area contributed by atoms with Crippen molar-refractivity contribution in [2.24, 2.45) is 0 Å². The van der Waals surface area contributed by atoms with E-state index < -0.39 is 23.5 Å². The third kappa shape index (κ3) is 3.53. The van der Waals surface area contributed by atoms with Gasteiger partial charge in [-0.25, -0.2) is 9.18 Å². The fraction of sp³-hybridized carbons (Fsp3) is 0.320. The molecule has 170 valence electrons. The average Bonchev–Trinajstić information content (AvgIpc) is 3.52. The number of para-hydroxylation sites is 1. The van der Waals surface area contributed by atoms with Gasteiger partial charge in [-0.05, 0) is 36.1 Å². The Kier molecular flexibility index (Phi) is 5.48. The van der Waals surface area contributed by atoms with Gasteiger partial charge in [-0.3, -0.25) is 9.59 Å². The zero-order chi connectivity index (χ0) is 23.2. The number of fused-ring (bicyclic) bond motifs is 2. The quantitative estimate of drug-likeness (QED) is 0.435. The Morgan fingerprint density at radius 1 is 1.24 bits per heavy atom. The molecule has 0 bridgehead atoms. The number of carbonyl (C=O) groups excluding carboxylic acids is 3. The number of nitrogens with zero attached hydrogens (tertiary/aromatic N) is 1. The predicted octanol–water partition coefficient (Wildman–Crippen LogP) is 4.19. The second-order valence-electron chi connectivity index (χ2n) is 8.31. The summed E-state index contributed by atoms with van der Waals surface area (Å²) in [6, 6.07) is 11.0. The number of aryl methyl sites for hydroxylation is 1.